The largest absolute Gasteiger partial charge is 0.441 e. The zero-order valence-electron chi connectivity index (χ0n) is 13.3. The summed E-state index contributed by atoms with van der Waals surface area (Å²) in [6.45, 7) is 1.84. The van der Waals surface area contributed by atoms with Gasteiger partial charge in [-0.3, -0.25) is 4.79 Å². The molecule has 3 aromatic rings. The lowest BCUT2D eigenvalue weighted by molar-refractivity contribution is -0.116. The Morgan fingerprint density at radius 2 is 1.83 bits per heavy atom. The SMILES string of the molecule is Cc1oc(-c2ccccc2)nc1CCC(=O)Nc1ccc(F)cc1. The molecule has 0 spiro atoms. The zero-order valence-corrected chi connectivity index (χ0v) is 13.3. The molecule has 0 unspecified atom stereocenters. The van der Waals surface area contributed by atoms with Gasteiger partial charge in [0.1, 0.15) is 11.6 Å². The quantitative estimate of drug-likeness (QED) is 0.758. The summed E-state index contributed by atoms with van der Waals surface area (Å²) in [4.78, 5) is 16.5. The number of rotatable bonds is 5. The number of hydrogen-bond acceptors (Lipinski definition) is 3. The molecule has 1 heterocycles. The molecule has 0 aliphatic carbocycles. The average Bonchev–Trinajstić information content (AvgIpc) is 2.97. The van der Waals surface area contributed by atoms with Gasteiger partial charge in [-0.2, -0.15) is 0 Å². The number of oxazole rings is 1. The lowest BCUT2D eigenvalue weighted by Crippen LogP contribution is -2.12. The molecule has 0 bridgehead atoms. The predicted molar refractivity (Wildman–Crippen MR) is 90.0 cm³/mol. The van der Waals surface area contributed by atoms with Crippen LogP contribution in [-0.4, -0.2) is 10.9 Å². The summed E-state index contributed by atoms with van der Waals surface area (Å²) in [5.74, 6) is 0.787. The van der Waals surface area contributed by atoms with E-state index >= 15 is 0 Å². The Labute approximate surface area is 139 Å². The molecule has 0 saturated heterocycles. The molecule has 122 valence electrons. The second kappa shape index (κ2) is 7.08. The van der Waals surface area contributed by atoms with Crippen LogP contribution in [0.2, 0.25) is 0 Å². The van der Waals surface area contributed by atoms with Gasteiger partial charge in [-0.05, 0) is 43.3 Å². The first-order chi connectivity index (χ1) is 11.6. The number of nitrogens with one attached hydrogen (secondary N) is 1. The van der Waals surface area contributed by atoms with E-state index in [0.29, 0.717) is 23.8 Å². The van der Waals surface area contributed by atoms with Crippen molar-refractivity contribution in [3.63, 3.8) is 0 Å². The Morgan fingerprint density at radius 3 is 2.54 bits per heavy atom. The maximum absolute atomic E-state index is 12.8. The lowest BCUT2D eigenvalue weighted by atomic mass is 10.2. The van der Waals surface area contributed by atoms with Crippen LogP contribution >= 0.6 is 0 Å². The number of amides is 1. The van der Waals surface area contributed by atoms with Gasteiger partial charge in [-0.1, -0.05) is 18.2 Å². The highest BCUT2D eigenvalue weighted by atomic mass is 19.1. The first-order valence-electron chi connectivity index (χ1n) is 7.69. The molecule has 0 radical (unpaired) electrons. The standard InChI is InChI=1S/C19H17FN2O2/c1-13-17(22-19(24-13)14-5-3-2-4-6-14)11-12-18(23)21-16-9-7-15(20)8-10-16/h2-10H,11-12H2,1H3,(H,21,23). The Balaban J connectivity index is 1.61. The molecule has 1 N–H and O–H groups in total. The van der Waals surface area contributed by atoms with E-state index in [4.69, 9.17) is 4.42 Å². The van der Waals surface area contributed by atoms with Crippen LogP contribution in [0.4, 0.5) is 10.1 Å². The van der Waals surface area contributed by atoms with Crippen LogP contribution in [-0.2, 0) is 11.2 Å². The van der Waals surface area contributed by atoms with Gasteiger partial charge in [0.25, 0.3) is 0 Å². The fourth-order valence-electron chi connectivity index (χ4n) is 2.35. The summed E-state index contributed by atoms with van der Waals surface area (Å²) in [6.07, 6.45) is 0.758. The molecule has 0 fully saturated rings. The van der Waals surface area contributed by atoms with Crippen molar-refractivity contribution in [1.82, 2.24) is 4.98 Å². The highest BCUT2D eigenvalue weighted by Gasteiger charge is 2.13. The van der Waals surface area contributed by atoms with Gasteiger partial charge in [-0.25, -0.2) is 9.37 Å². The van der Waals surface area contributed by atoms with E-state index in [9.17, 15) is 9.18 Å². The number of carbonyl (C=O) groups is 1. The molecule has 0 aliphatic heterocycles. The van der Waals surface area contributed by atoms with E-state index in [1.807, 2.05) is 37.3 Å². The first-order valence-corrected chi connectivity index (χ1v) is 7.69. The van der Waals surface area contributed by atoms with Crippen molar-refractivity contribution in [2.75, 3.05) is 5.32 Å². The van der Waals surface area contributed by atoms with Gasteiger partial charge in [0.15, 0.2) is 0 Å². The lowest BCUT2D eigenvalue weighted by Gasteiger charge is -2.04. The van der Waals surface area contributed by atoms with Crippen molar-refractivity contribution >= 4 is 11.6 Å². The van der Waals surface area contributed by atoms with Crippen molar-refractivity contribution < 1.29 is 13.6 Å². The summed E-state index contributed by atoms with van der Waals surface area (Å²) < 4.78 is 18.5. The van der Waals surface area contributed by atoms with Gasteiger partial charge < -0.3 is 9.73 Å². The summed E-state index contributed by atoms with van der Waals surface area (Å²) in [7, 11) is 0. The fraction of sp³-hybridized carbons (Fsp3) is 0.158. The molecular formula is C19H17FN2O2. The smallest absolute Gasteiger partial charge is 0.226 e. The van der Waals surface area contributed by atoms with E-state index < -0.39 is 0 Å². The minimum atomic E-state index is -0.334. The summed E-state index contributed by atoms with van der Waals surface area (Å²) in [6, 6.07) is 15.3. The number of carbonyl (C=O) groups excluding carboxylic acids is 1. The van der Waals surface area contributed by atoms with Crippen molar-refractivity contribution in [3.05, 3.63) is 71.9 Å². The fourth-order valence-corrected chi connectivity index (χ4v) is 2.35. The monoisotopic (exact) mass is 324 g/mol. The number of aromatic nitrogens is 1. The van der Waals surface area contributed by atoms with Crippen LogP contribution in [0.15, 0.2) is 59.0 Å². The number of aryl methyl sites for hydroxylation is 2. The molecule has 0 atom stereocenters. The highest BCUT2D eigenvalue weighted by molar-refractivity contribution is 5.90. The van der Waals surface area contributed by atoms with Crippen LogP contribution in [0, 0.1) is 12.7 Å². The third-order valence-corrected chi connectivity index (χ3v) is 3.63. The van der Waals surface area contributed by atoms with Gasteiger partial charge in [-0.15, -0.1) is 0 Å². The van der Waals surface area contributed by atoms with Crippen LogP contribution in [0.25, 0.3) is 11.5 Å². The second-order valence-electron chi connectivity index (χ2n) is 5.44. The third-order valence-electron chi connectivity index (χ3n) is 3.63. The maximum atomic E-state index is 12.8. The second-order valence-corrected chi connectivity index (χ2v) is 5.44. The first kappa shape index (κ1) is 15.9. The molecule has 1 amide bonds. The molecule has 5 heteroatoms. The van der Waals surface area contributed by atoms with Crippen LogP contribution in [0.5, 0.6) is 0 Å². The van der Waals surface area contributed by atoms with Crippen LogP contribution < -0.4 is 5.32 Å². The van der Waals surface area contributed by atoms with Crippen LogP contribution in [0.3, 0.4) is 0 Å². The maximum Gasteiger partial charge on any atom is 0.226 e. The number of halogens is 1. The third kappa shape index (κ3) is 3.87. The van der Waals surface area contributed by atoms with E-state index in [-0.39, 0.29) is 18.1 Å². The van der Waals surface area contributed by atoms with Crippen molar-refractivity contribution in [2.24, 2.45) is 0 Å². The molecule has 0 saturated carbocycles. The predicted octanol–water partition coefficient (Wildman–Crippen LogP) is 4.36. The van der Waals surface area contributed by atoms with Crippen molar-refractivity contribution in [2.45, 2.75) is 19.8 Å². The Hall–Kier alpha value is -2.95. The Kier molecular flexibility index (Phi) is 4.70. The van der Waals surface area contributed by atoms with E-state index in [2.05, 4.69) is 10.3 Å². The van der Waals surface area contributed by atoms with E-state index in [1.54, 1.807) is 0 Å². The van der Waals surface area contributed by atoms with Crippen molar-refractivity contribution in [3.8, 4) is 11.5 Å². The van der Waals surface area contributed by atoms with Gasteiger partial charge in [0.05, 0.1) is 5.69 Å². The zero-order chi connectivity index (χ0) is 16.9. The van der Waals surface area contributed by atoms with Gasteiger partial charge >= 0.3 is 0 Å². The number of benzene rings is 2. The molecular weight excluding hydrogens is 307 g/mol. The average molecular weight is 324 g/mol. The summed E-state index contributed by atoms with van der Waals surface area (Å²) in [5.41, 5.74) is 2.24. The summed E-state index contributed by atoms with van der Waals surface area (Å²) >= 11 is 0. The van der Waals surface area contributed by atoms with E-state index in [1.165, 1.54) is 24.3 Å². The van der Waals surface area contributed by atoms with Gasteiger partial charge in [0.2, 0.25) is 11.8 Å². The normalized spacial score (nSPS) is 10.6. The number of anilines is 1. The molecule has 0 aliphatic rings. The topological polar surface area (TPSA) is 55.1 Å². The molecule has 3 rings (SSSR count). The van der Waals surface area contributed by atoms with Crippen LogP contribution in [0.1, 0.15) is 17.9 Å². The minimum absolute atomic E-state index is 0.148. The van der Waals surface area contributed by atoms with Crippen molar-refractivity contribution in [1.29, 1.82) is 0 Å². The number of hydrogen-bond donors (Lipinski definition) is 1. The van der Waals surface area contributed by atoms with E-state index in [0.717, 1.165) is 11.3 Å². The Bertz CT molecular complexity index is 826. The Morgan fingerprint density at radius 1 is 1.12 bits per heavy atom. The molecule has 1 aromatic heterocycles. The number of nitrogens with zero attached hydrogens (tertiary/aromatic N) is 1. The van der Waals surface area contributed by atoms with Gasteiger partial charge in [0, 0.05) is 24.1 Å². The minimum Gasteiger partial charge on any atom is -0.441 e. The molecule has 2 aromatic carbocycles. The molecule has 4 nitrogen and oxygen atoms in total. The molecule has 24 heavy (non-hydrogen) atoms. The summed E-state index contributed by atoms with van der Waals surface area (Å²) in [5, 5.41) is 2.73. The highest BCUT2D eigenvalue weighted by Crippen LogP contribution is 2.22.